The Bertz CT molecular complexity index is 1250. The van der Waals surface area contributed by atoms with E-state index in [2.05, 4.69) is 4.99 Å². The van der Waals surface area contributed by atoms with Crippen LogP contribution in [-0.4, -0.2) is 34.4 Å². The first-order valence-electron chi connectivity index (χ1n) is 10.3. The summed E-state index contributed by atoms with van der Waals surface area (Å²) in [6.07, 6.45) is -5.31. The number of alkyl halides is 3. The van der Waals surface area contributed by atoms with E-state index in [4.69, 9.17) is 0 Å². The lowest BCUT2D eigenvalue weighted by Crippen LogP contribution is -2.63. The van der Waals surface area contributed by atoms with Gasteiger partial charge in [-0.05, 0) is 24.6 Å². The zero-order valence-corrected chi connectivity index (χ0v) is 17.9. The fourth-order valence-corrected chi connectivity index (χ4v) is 3.78. The molecule has 5 nitrogen and oxygen atoms in total. The molecule has 0 saturated heterocycles. The molecular formula is C25H19F4N3O2. The van der Waals surface area contributed by atoms with Crippen LogP contribution in [-0.2, 0) is 4.79 Å². The predicted octanol–water partition coefficient (Wildman–Crippen LogP) is 4.86. The number of carbonyl (C=O) groups excluding carboxylic acids is 2. The number of aliphatic imine (C=N–C) groups is 1. The summed E-state index contributed by atoms with van der Waals surface area (Å²) >= 11 is 0. The van der Waals surface area contributed by atoms with Gasteiger partial charge in [-0.15, -0.1) is 0 Å². The molecule has 2 atom stereocenters. The van der Waals surface area contributed by atoms with Crippen molar-refractivity contribution in [2.45, 2.75) is 24.8 Å². The van der Waals surface area contributed by atoms with Gasteiger partial charge in [0, 0.05) is 5.56 Å². The molecule has 3 aromatic carbocycles. The number of rotatable bonds is 5. The molecule has 1 heterocycles. The van der Waals surface area contributed by atoms with Crippen LogP contribution in [0.15, 0.2) is 89.9 Å². The molecule has 0 fully saturated rings. The molecule has 0 radical (unpaired) electrons. The Hall–Kier alpha value is -4.01. The van der Waals surface area contributed by atoms with Crippen molar-refractivity contribution in [2.75, 3.05) is 0 Å². The number of nitrogens with one attached hydrogen (secondary N) is 1. The van der Waals surface area contributed by atoms with E-state index in [1.165, 1.54) is 24.3 Å². The highest BCUT2D eigenvalue weighted by Crippen LogP contribution is 2.41. The molecule has 2 amide bonds. The second-order valence-corrected chi connectivity index (χ2v) is 7.71. The van der Waals surface area contributed by atoms with Gasteiger partial charge in [0.2, 0.25) is 0 Å². The van der Waals surface area contributed by atoms with E-state index >= 15 is 0 Å². The average Bonchev–Trinajstić information content (AvgIpc) is 3.13. The van der Waals surface area contributed by atoms with Crippen LogP contribution >= 0.6 is 0 Å². The minimum atomic E-state index is -5.31. The Labute approximate surface area is 192 Å². The number of amidine groups is 1. The molecule has 1 N–H and O–H groups in total. The third kappa shape index (κ3) is 3.93. The third-order valence-corrected chi connectivity index (χ3v) is 5.55. The molecule has 0 saturated carbocycles. The highest BCUT2D eigenvalue weighted by Gasteiger charge is 2.67. The molecule has 174 valence electrons. The van der Waals surface area contributed by atoms with Gasteiger partial charge in [0.25, 0.3) is 11.8 Å². The van der Waals surface area contributed by atoms with Crippen molar-refractivity contribution >= 4 is 17.6 Å². The molecule has 34 heavy (non-hydrogen) atoms. The third-order valence-electron chi connectivity index (χ3n) is 5.55. The lowest BCUT2D eigenvalue weighted by Gasteiger charge is -2.31. The predicted molar refractivity (Wildman–Crippen MR) is 117 cm³/mol. The zero-order chi connectivity index (χ0) is 24.5. The molecule has 2 unspecified atom stereocenters. The van der Waals surface area contributed by atoms with Crippen LogP contribution in [0, 0.1) is 5.82 Å². The number of hydrogen-bond donors (Lipinski definition) is 1. The Morgan fingerprint density at radius 1 is 0.941 bits per heavy atom. The van der Waals surface area contributed by atoms with Gasteiger partial charge >= 0.3 is 11.8 Å². The van der Waals surface area contributed by atoms with Gasteiger partial charge in [0.05, 0.1) is 11.6 Å². The van der Waals surface area contributed by atoms with E-state index in [1.807, 2.05) is 0 Å². The van der Waals surface area contributed by atoms with Crippen molar-refractivity contribution in [3.05, 3.63) is 107 Å². The quantitative estimate of drug-likeness (QED) is 0.543. The largest absolute Gasteiger partial charge is 0.442 e. The molecule has 0 aliphatic carbocycles. The van der Waals surface area contributed by atoms with E-state index in [0.717, 1.165) is 17.0 Å². The van der Waals surface area contributed by atoms with Crippen molar-refractivity contribution in [1.29, 1.82) is 0 Å². The first-order chi connectivity index (χ1) is 16.2. The summed E-state index contributed by atoms with van der Waals surface area (Å²) in [7, 11) is 0. The first kappa shape index (κ1) is 23.2. The van der Waals surface area contributed by atoms with Crippen molar-refractivity contribution < 1.29 is 27.2 Å². The van der Waals surface area contributed by atoms with Crippen LogP contribution in [0.4, 0.5) is 17.6 Å². The maximum Gasteiger partial charge on any atom is 0.442 e. The molecule has 0 spiro atoms. The van der Waals surface area contributed by atoms with Gasteiger partial charge in [0.1, 0.15) is 11.7 Å². The summed E-state index contributed by atoms with van der Waals surface area (Å²) in [5.41, 5.74) is -3.44. The minimum Gasteiger partial charge on any atom is -0.312 e. The van der Waals surface area contributed by atoms with Crippen LogP contribution in [0.1, 0.15) is 34.5 Å². The first-order valence-corrected chi connectivity index (χ1v) is 10.3. The number of hydrogen-bond acceptors (Lipinski definition) is 3. The summed E-state index contributed by atoms with van der Waals surface area (Å²) in [6.45, 7) is 1.57. The molecule has 1 aliphatic rings. The Morgan fingerprint density at radius 3 is 2.09 bits per heavy atom. The number of amides is 2. The maximum atomic E-state index is 14.5. The van der Waals surface area contributed by atoms with Gasteiger partial charge in [0.15, 0.2) is 0 Å². The Balaban J connectivity index is 1.86. The molecule has 1 aliphatic heterocycles. The Kier molecular flexibility index (Phi) is 5.95. The highest BCUT2D eigenvalue weighted by molar-refractivity contribution is 6.17. The monoisotopic (exact) mass is 469 g/mol. The average molecular weight is 469 g/mol. The second kappa shape index (κ2) is 8.74. The minimum absolute atomic E-state index is 0.255. The number of halogens is 4. The summed E-state index contributed by atoms with van der Waals surface area (Å²) in [4.78, 5) is 30.9. The van der Waals surface area contributed by atoms with Gasteiger partial charge in [-0.3, -0.25) is 14.5 Å². The highest BCUT2D eigenvalue weighted by atomic mass is 19.4. The lowest BCUT2D eigenvalue weighted by atomic mass is 10.0. The topological polar surface area (TPSA) is 61.8 Å². The lowest BCUT2D eigenvalue weighted by molar-refractivity contribution is -0.196. The Morgan fingerprint density at radius 2 is 1.50 bits per heavy atom. The van der Waals surface area contributed by atoms with E-state index in [1.54, 1.807) is 60.8 Å². The molecule has 0 aromatic heterocycles. The van der Waals surface area contributed by atoms with Gasteiger partial charge in [-0.1, -0.05) is 72.8 Å². The fraction of sp³-hybridized carbons (Fsp3) is 0.160. The van der Waals surface area contributed by atoms with E-state index < -0.39 is 41.1 Å². The van der Waals surface area contributed by atoms with Crippen LogP contribution in [0.2, 0.25) is 0 Å². The van der Waals surface area contributed by atoms with Crippen molar-refractivity contribution in [3.8, 4) is 0 Å². The van der Waals surface area contributed by atoms with Crippen LogP contribution in [0.5, 0.6) is 0 Å². The molecule has 4 rings (SSSR count). The number of nitrogens with zero attached hydrogens (tertiary/aromatic N) is 2. The molecule has 0 bridgehead atoms. The standard InChI is InChI=1S/C25H19F4N3O2/c1-16(17-10-4-2-5-11-17)32-21(18-12-6-3-7-13-18)30-24(23(32)34,25(27,28)29)31-22(33)19-14-8-9-15-20(19)26/h2-16H,1H3,(H,31,33). The van der Waals surface area contributed by atoms with Gasteiger partial charge in [-0.2, -0.15) is 13.2 Å². The van der Waals surface area contributed by atoms with Crippen molar-refractivity contribution in [2.24, 2.45) is 4.99 Å². The van der Waals surface area contributed by atoms with Crippen LogP contribution < -0.4 is 5.32 Å². The van der Waals surface area contributed by atoms with Gasteiger partial charge < -0.3 is 5.32 Å². The molecule has 9 heteroatoms. The molecule has 3 aromatic rings. The molecular weight excluding hydrogens is 450 g/mol. The van der Waals surface area contributed by atoms with Gasteiger partial charge in [-0.25, -0.2) is 9.38 Å². The smallest absolute Gasteiger partial charge is 0.312 e. The van der Waals surface area contributed by atoms with Crippen LogP contribution in [0.3, 0.4) is 0 Å². The summed E-state index contributed by atoms with van der Waals surface area (Å²) < 4.78 is 57.7. The number of benzene rings is 3. The number of carbonyl (C=O) groups is 2. The van der Waals surface area contributed by atoms with E-state index in [0.29, 0.717) is 5.56 Å². The second-order valence-electron chi connectivity index (χ2n) is 7.71. The van der Waals surface area contributed by atoms with Crippen LogP contribution in [0.25, 0.3) is 0 Å². The van der Waals surface area contributed by atoms with Crippen molar-refractivity contribution in [3.63, 3.8) is 0 Å². The SMILES string of the molecule is CC(c1ccccc1)N1C(=O)C(NC(=O)c2ccccc2F)(C(F)(F)F)N=C1c1ccccc1. The summed E-state index contributed by atoms with van der Waals surface area (Å²) in [6, 6.07) is 20.1. The summed E-state index contributed by atoms with van der Waals surface area (Å²) in [5, 5.41) is 1.69. The zero-order valence-electron chi connectivity index (χ0n) is 17.9. The van der Waals surface area contributed by atoms with E-state index in [9.17, 15) is 27.2 Å². The van der Waals surface area contributed by atoms with Crippen molar-refractivity contribution in [1.82, 2.24) is 10.2 Å². The summed E-state index contributed by atoms with van der Waals surface area (Å²) in [5.74, 6) is -4.17. The van der Waals surface area contributed by atoms with E-state index in [-0.39, 0.29) is 11.4 Å². The normalized spacial score (nSPS) is 19.0. The fourth-order valence-electron chi connectivity index (χ4n) is 3.78. The maximum absolute atomic E-state index is 14.5.